The highest BCUT2D eigenvalue weighted by molar-refractivity contribution is 6.47. The molecule has 8 atom stereocenters. The van der Waals surface area contributed by atoms with Crippen LogP contribution in [0.2, 0.25) is 0 Å². The predicted molar refractivity (Wildman–Crippen MR) is 222 cm³/mol. The number of alkyl carbamates (subject to hydrolysis) is 1. The lowest BCUT2D eigenvalue weighted by atomic mass is 9.43. The number of aromatic nitrogens is 1. The van der Waals surface area contributed by atoms with Crippen molar-refractivity contribution in [2.24, 2.45) is 23.2 Å². The summed E-state index contributed by atoms with van der Waals surface area (Å²) >= 11 is 0. The average molecular weight is 787 g/mol. The van der Waals surface area contributed by atoms with Gasteiger partial charge in [-0.05, 0) is 67.1 Å². The van der Waals surface area contributed by atoms with E-state index in [4.69, 9.17) is 23.8 Å². The zero-order valence-corrected chi connectivity index (χ0v) is 34.4. The summed E-state index contributed by atoms with van der Waals surface area (Å²) in [4.78, 5) is 48.8. The number of likely N-dealkylation sites (tertiary alicyclic amines) is 1. The molecule has 2 bridgehead atoms. The van der Waals surface area contributed by atoms with Crippen molar-refractivity contribution in [2.45, 2.75) is 110 Å². The Hall–Kier alpha value is -4.94. The third kappa shape index (κ3) is 7.57. The van der Waals surface area contributed by atoms with Gasteiger partial charge in [-0.15, -0.1) is 0 Å². The number of pyridine rings is 1. The van der Waals surface area contributed by atoms with Crippen LogP contribution in [0, 0.1) is 23.2 Å². The Morgan fingerprint density at radius 1 is 0.931 bits per heavy atom. The fraction of sp³-hybridized carbons (Fsp3) is 0.478. The lowest BCUT2D eigenvalue weighted by molar-refractivity contribution is -0.199. The number of benzene rings is 3. The van der Waals surface area contributed by atoms with E-state index in [1.807, 2.05) is 112 Å². The van der Waals surface area contributed by atoms with Crippen molar-refractivity contribution in [2.75, 3.05) is 6.54 Å². The number of nitrogens with zero attached hydrogens (tertiary/aromatic N) is 2. The number of carbonyl (C=O) groups excluding carboxylic acids is 3. The van der Waals surface area contributed by atoms with E-state index >= 15 is 0 Å². The van der Waals surface area contributed by atoms with E-state index in [1.165, 1.54) is 0 Å². The van der Waals surface area contributed by atoms with Crippen LogP contribution in [0.4, 0.5) is 4.79 Å². The van der Waals surface area contributed by atoms with Gasteiger partial charge < -0.3 is 34.3 Å². The first-order valence-corrected chi connectivity index (χ1v) is 20.9. The summed E-state index contributed by atoms with van der Waals surface area (Å²) in [6, 6.07) is 27.1. The molecule has 11 nitrogen and oxygen atoms in total. The van der Waals surface area contributed by atoms with Gasteiger partial charge in [-0.1, -0.05) is 107 Å². The van der Waals surface area contributed by atoms with Crippen LogP contribution >= 0.6 is 0 Å². The molecule has 4 aromatic rings. The second kappa shape index (κ2) is 16.0. The second-order valence-electron chi connectivity index (χ2n) is 17.7. The van der Waals surface area contributed by atoms with E-state index in [2.05, 4.69) is 31.4 Å². The summed E-state index contributed by atoms with van der Waals surface area (Å²) in [6.45, 7) is 12.7. The van der Waals surface area contributed by atoms with Gasteiger partial charge in [0.15, 0.2) is 0 Å². The van der Waals surface area contributed by atoms with E-state index < -0.39 is 42.9 Å². The monoisotopic (exact) mass is 786 g/mol. The van der Waals surface area contributed by atoms with Crippen LogP contribution < -0.4 is 15.4 Å². The number of ether oxygens (including phenoxy) is 2. The van der Waals surface area contributed by atoms with Crippen molar-refractivity contribution in [3.8, 4) is 17.0 Å². The molecule has 5 fully saturated rings. The van der Waals surface area contributed by atoms with Gasteiger partial charge in [-0.3, -0.25) is 9.59 Å². The number of para-hydroxylation sites is 1. The molecule has 3 saturated carbocycles. The maximum Gasteiger partial charge on any atom is 0.481 e. The lowest BCUT2D eigenvalue weighted by Gasteiger charge is -2.64. The van der Waals surface area contributed by atoms with Gasteiger partial charge in [0.05, 0.1) is 35.4 Å². The van der Waals surface area contributed by atoms with Crippen molar-refractivity contribution in [1.82, 2.24) is 20.5 Å². The van der Waals surface area contributed by atoms with E-state index in [9.17, 15) is 14.4 Å². The molecule has 12 heteroatoms. The minimum Gasteiger partial charge on any atom is -0.488 e. The van der Waals surface area contributed by atoms with Gasteiger partial charge in [0.25, 0.3) is 0 Å². The highest BCUT2D eigenvalue weighted by Gasteiger charge is 2.68. The molecule has 3 aromatic carbocycles. The number of hydrogen-bond acceptors (Lipinski definition) is 8. The minimum absolute atomic E-state index is 0.0296. The van der Waals surface area contributed by atoms with E-state index in [-0.39, 0.29) is 48.8 Å². The van der Waals surface area contributed by atoms with Crippen molar-refractivity contribution < 1.29 is 33.2 Å². The normalized spacial score (nSPS) is 26.7. The third-order valence-corrected chi connectivity index (χ3v) is 13.4. The van der Waals surface area contributed by atoms with E-state index in [0.717, 1.165) is 40.6 Å². The Labute approximate surface area is 341 Å². The molecule has 304 valence electrons. The maximum absolute atomic E-state index is 14.6. The average Bonchev–Trinajstić information content (AvgIpc) is 3.82. The zero-order chi connectivity index (χ0) is 40.8. The fourth-order valence-corrected chi connectivity index (χ4v) is 9.85. The van der Waals surface area contributed by atoms with Crippen LogP contribution in [0.3, 0.4) is 0 Å². The van der Waals surface area contributed by atoms with Gasteiger partial charge in [0.1, 0.15) is 30.5 Å². The van der Waals surface area contributed by atoms with Gasteiger partial charge in [0.2, 0.25) is 11.8 Å². The number of amides is 3. The van der Waals surface area contributed by atoms with Crippen LogP contribution in [0.25, 0.3) is 22.2 Å². The highest BCUT2D eigenvalue weighted by Crippen LogP contribution is 2.65. The summed E-state index contributed by atoms with van der Waals surface area (Å²) in [5.74, 6) is 0.155. The van der Waals surface area contributed by atoms with Gasteiger partial charge in [-0.2, -0.15) is 0 Å². The zero-order valence-electron chi connectivity index (χ0n) is 34.4. The first kappa shape index (κ1) is 39.9. The lowest BCUT2D eigenvalue weighted by Crippen LogP contribution is -2.65. The summed E-state index contributed by atoms with van der Waals surface area (Å²) in [5.41, 5.74) is 3.06. The van der Waals surface area contributed by atoms with Crippen LogP contribution in [0.5, 0.6) is 5.75 Å². The van der Waals surface area contributed by atoms with Crippen LogP contribution in [0.15, 0.2) is 91.0 Å². The van der Waals surface area contributed by atoms with Crippen molar-refractivity contribution >= 4 is 35.9 Å². The van der Waals surface area contributed by atoms with Crippen molar-refractivity contribution in [3.63, 3.8) is 0 Å². The molecule has 3 amide bonds. The molecule has 9 rings (SSSR count). The topological polar surface area (TPSA) is 128 Å². The molecule has 58 heavy (non-hydrogen) atoms. The molecular weight excluding hydrogens is 731 g/mol. The Morgan fingerprint density at radius 3 is 2.34 bits per heavy atom. The largest absolute Gasteiger partial charge is 0.488 e. The number of carbonyl (C=O) groups is 3. The standard InChI is InChI=1S/C46H55BN4O7/c1-7-40(47-57-39-23-31-22-38(45(31,4)5)46(39,6)58-47)49-42(52)36-24-32(56-37-25-35(30-18-12-9-13-19-30)48-34-21-15-14-20-33(34)37)26-51(36)43(53)41(28(2)3)50-44(54)55-27-29-16-10-8-11-17-29/h8-21,25,28,31-32,36,38-41H,7,22-24,26-27H2,1-6H3,(H,49,52)(H,50,54)/t31-,32+,36-,38-,39+,40-,41-,46-/m0/s1. The van der Waals surface area contributed by atoms with E-state index in [1.54, 1.807) is 4.90 Å². The van der Waals surface area contributed by atoms with Gasteiger partial charge in [0, 0.05) is 23.4 Å². The second-order valence-corrected chi connectivity index (χ2v) is 17.7. The smallest absolute Gasteiger partial charge is 0.481 e. The number of rotatable bonds is 12. The molecule has 2 aliphatic heterocycles. The van der Waals surface area contributed by atoms with E-state index in [0.29, 0.717) is 24.0 Å². The molecule has 0 spiro atoms. The highest BCUT2D eigenvalue weighted by atomic mass is 16.7. The Kier molecular flexibility index (Phi) is 11.0. The molecule has 3 aliphatic carbocycles. The van der Waals surface area contributed by atoms with Gasteiger partial charge >= 0.3 is 13.2 Å². The molecule has 3 heterocycles. The molecular formula is C46H55BN4O7. The first-order chi connectivity index (χ1) is 27.8. The molecule has 0 radical (unpaired) electrons. The number of hydrogen-bond donors (Lipinski definition) is 2. The van der Waals surface area contributed by atoms with Crippen molar-refractivity contribution in [1.29, 1.82) is 0 Å². The number of nitrogens with one attached hydrogen (secondary N) is 2. The molecule has 5 aliphatic rings. The Bertz CT molecular complexity index is 2140. The molecule has 2 saturated heterocycles. The summed E-state index contributed by atoms with van der Waals surface area (Å²) in [6.07, 6.45) is 1.60. The maximum atomic E-state index is 14.6. The van der Waals surface area contributed by atoms with Crippen molar-refractivity contribution in [3.05, 3.63) is 96.6 Å². The molecule has 1 aromatic heterocycles. The van der Waals surface area contributed by atoms with Crippen LogP contribution in [0.1, 0.15) is 72.8 Å². The Balaban J connectivity index is 1.04. The summed E-state index contributed by atoms with van der Waals surface area (Å²) in [7, 11) is -0.610. The number of fused-ring (bicyclic) bond motifs is 1. The molecule has 2 N–H and O–H groups in total. The summed E-state index contributed by atoms with van der Waals surface area (Å²) in [5, 5.41) is 6.88. The minimum atomic E-state index is -0.954. The van der Waals surface area contributed by atoms with Crippen LogP contribution in [-0.4, -0.2) is 77.3 Å². The SMILES string of the molecule is CC[C@H](NC(=O)[C@@H]1C[C@@H](Oc2cc(-c3ccccc3)nc3ccccc23)CN1C(=O)[C@@H](NC(=O)OCc1ccccc1)C(C)C)B1O[C@@H]2C[C@@H]3C[C@@H](C3(C)C)[C@]2(C)O1. The third-order valence-electron chi connectivity index (χ3n) is 13.4. The first-order valence-electron chi connectivity index (χ1n) is 20.9. The summed E-state index contributed by atoms with van der Waals surface area (Å²) < 4.78 is 25.7. The Morgan fingerprint density at radius 2 is 1.64 bits per heavy atom. The predicted octanol–water partition coefficient (Wildman–Crippen LogP) is 7.36. The quantitative estimate of drug-likeness (QED) is 0.143. The fourth-order valence-electron chi connectivity index (χ4n) is 9.85. The van der Waals surface area contributed by atoms with Crippen LogP contribution in [-0.2, 0) is 30.2 Å². The molecule has 0 unspecified atom stereocenters. The van der Waals surface area contributed by atoms with Gasteiger partial charge in [-0.25, -0.2) is 9.78 Å².